The number of aliphatic hydroxyl groups is 4. The van der Waals surface area contributed by atoms with Gasteiger partial charge in [-0.25, -0.2) is 0 Å². The van der Waals surface area contributed by atoms with Gasteiger partial charge in [0.15, 0.2) is 12.4 Å². The van der Waals surface area contributed by atoms with Crippen molar-refractivity contribution in [2.24, 2.45) is 0 Å². The second kappa shape index (κ2) is 36.5. The first-order valence-electron chi connectivity index (χ1n) is 22.4. The normalized spacial score (nSPS) is 20.7. The molecule has 6 atom stereocenters. The molecule has 322 valence electrons. The fraction of sp³-hybridized carbons (Fsp3) is 0.867. The van der Waals surface area contributed by atoms with Crippen molar-refractivity contribution in [1.29, 1.82) is 0 Å². The smallest absolute Gasteiger partial charge is 0.306 e. The van der Waals surface area contributed by atoms with Crippen molar-refractivity contribution >= 4 is 11.9 Å². The highest BCUT2D eigenvalue weighted by Crippen LogP contribution is 2.23. The molecule has 0 aromatic rings. The zero-order valence-electron chi connectivity index (χ0n) is 34.9. The Morgan fingerprint density at radius 3 is 1.53 bits per heavy atom. The maximum atomic E-state index is 12.8. The molecule has 1 heterocycles. The molecule has 0 radical (unpaired) electrons. The highest BCUT2D eigenvalue weighted by atomic mass is 16.7. The van der Waals surface area contributed by atoms with Crippen molar-refractivity contribution in [3.05, 3.63) is 24.3 Å². The minimum absolute atomic E-state index is 0.217. The number of aliphatic hydroxyl groups excluding tert-OH is 4. The van der Waals surface area contributed by atoms with Crippen molar-refractivity contribution in [1.82, 2.24) is 0 Å². The predicted molar refractivity (Wildman–Crippen MR) is 219 cm³/mol. The molecule has 0 aliphatic carbocycles. The van der Waals surface area contributed by atoms with Crippen molar-refractivity contribution in [3.63, 3.8) is 0 Å². The number of carbonyl (C=O) groups is 2. The summed E-state index contributed by atoms with van der Waals surface area (Å²) in [5.41, 5.74) is 0. The lowest BCUT2D eigenvalue weighted by Gasteiger charge is -2.39. The number of hydrogen-bond acceptors (Lipinski definition) is 10. The van der Waals surface area contributed by atoms with E-state index in [1.807, 2.05) is 0 Å². The summed E-state index contributed by atoms with van der Waals surface area (Å²) in [7, 11) is 0. The molecule has 55 heavy (non-hydrogen) atoms. The number of esters is 2. The third-order valence-electron chi connectivity index (χ3n) is 10.3. The minimum atomic E-state index is -1.59. The summed E-state index contributed by atoms with van der Waals surface area (Å²) in [5.74, 6) is -0.810. The summed E-state index contributed by atoms with van der Waals surface area (Å²) in [6.45, 7) is 3.40. The van der Waals surface area contributed by atoms with Gasteiger partial charge in [-0.05, 0) is 44.9 Å². The molecule has 10 nitrogen and oxygen atoms in total. The van der Waals surface area contributed by atoms with Crippen LogP contribution in [0.2, 0.25) is 0 Å². The molecule has 0 aromatic heterocycles. The average Bonchev–Trinajstić information content (AvgIpc) is 3.18. The highest BCUT2D eigenvalue weighted by molar-refractivity contribution is 5.70. The molecule has 1 saturated heterocycles. The molecule has 0 saturated carbocycles. The maximum absolute atomic E-state index is 12.8. The Hall–Kier alpha value is -1.82. The van der Waals surface area contributed by atoms with Crippen LogP contribution in [-0.2, 0) is 28.5 Å². The van der Waals surface area contributed by atoms with E-state index < -0.39 is 49.4 Å². The molecule has 0 bridgehead atoms. The first-order valence-corrected chi connectivity index (χ1v) is 22.4. The highest BCUT2D eigenvalue weighted by Gasteiger charge is 2.44. The molecule has 1 aliphatic heterocycles. The Morgan fingerprint density at radius 1 is 0.564 bits per heavy atom. The van der Waals surface area contributed by atoms with Gasteiger partial charge in [-0.3, -0.25) is 9.59 Å². The van der Waals surface area contributed by atoms with Crippen molar-refractivity contribution in [2.75, 3.05) is 19.8 Å². The summed E-state index contributed by atoms with van der Waals surface area (Å²) in [4.78, 5) is 25.3. The van der Waals surface area contributed by atoms with E-state index in [4.69, 9.17) is 18.9 Å². The monoisotopic (exact) mass is 783 g/mol. The van der Waals surface area contributed by atoms with E-state index in [2.05, 4.69) is 38.2 Å². The molecular formula is C45H82O10. The van der Waals surface area contributed by atoms with Gasteiger partial charge in [-0.1, -0.05) is 160 Å². The van der Waals surface area contributed by atoms with Crippen LogP contribution in [0.1, 0.15) is 194 Å². The van der Waals surface area contributed by atoms with Gasteiger partial charge >= 0.3 is 11.9 Å². The number of ether oxygens (including phenoxy) is 4. The van der Waals surface area contributed by atoms with Crippen LogP contribution in [0.15, 0.2) is 24.3 Å². The maximum Gasteiger partial charge on any atom is 0.306 e. The second-order valence-electron chi connectivity index (χ2n) is 15.5. The lowest BCUT2D eigenvalue weighted by Crippen LogP contribution is -2.59. The van der Waals surface area contributed by atoms with Crippen LogP contribution in [0.5, 0.6) is 0 Å². The molecule has 1 aliphatic rings. The van der Waals surface area contributed by atoms with E-state index in [-0.39, 0.29) is 32.0 Å². The van der Waals surface area contributed by atoms with Crippen LogP contribution in [0, 0.1) is 0 Å². The Morgan fingerprint density at radius 2 is 1.02 bits per heavy atom. The Kier molecular flexibility index (Phi) is 34.0. The molecule has 0 amide bonds. The molecule has 4 N–H and O–H groups in total. The summed E-state index contributed by atoms with van der Waals surface area (Å²) in [6.07, 6.45) is 31.8. The van der Waals surface area contributed by atoms with Crippen LogP contribution in [0.3, 0.4) is 0 Å². The fourth-order valence-corrected chi connectivity index (χ4v) is 6.75. The summed E-state index contributed by atoms with van der Waals surface area (Å²) >= 11 is 0. The van der Waals surface area contributed by atoms with Gasteiger partial charge in [0.2, 0.25) is 0 Å². The molecular weight excluding hydrogens is 700 g/mol. The fourth-order valence-electron chi connectivity index (χ4n) is 6.75. The van der Waals surface area contributed by atoms with Gasteiger partial charge in [0.25, 0.3) is 0 Å². The third-order valence-corrected chi connectivity index (χ3v) is 10.3. The van der Waals surface area contributed by atoms with Gasteiger partial charge in [0.1, 0.15) is 31.0 Å². The van der Waals surface area contributed by atoms with Gasteiger partial charge in [0.05, 0.1) is 13.2 Å². The molecule has 10 heteroatoms. The number of allylic oxidation sites excluding steroid dienone is 4. The quantitative estimate of drug-likeness (QED) is 0.0273. The standard InChI is InChI=1S/C45H82O10/c1-3-5-7-9-11-13-15-17-18-19-20-21-22-24-26-28-30-32-34-41(48)54-38(37-53-45-44(51)43(50)42(49)39(35-46)55-45)36-52-40(47)33-31-29-27-25-23-16-14-12-10-8-6-4-2/h13,15,18-19,38-39,42-46,49-51H,3-12,14,16-17,20-37H2,1-2H3/b15-13-,19-18-. The third kappa shape index (κ3) is 28.3. The Balaban J connectivity index is 2.33. The summed E-state index contributed by atoms with van der Waals surface area (Å²) < 4.78 is 22.1. The topological polar surface area (TPSA) is 152 Å². The first-order chi connectivity index (χ1) is 26.8. The van der Waals surface area contributed by atoms with Gasteiger partial charge in [-0.15, -0.1) is 0 Å². The molecule has 1 rings (SSSR count). The van der Waals surface area contributed by atoms with E-state index >= 15 is 0 Å². The van der Waals surface area contributed by atoms with Gasteiger partial charge in [0, 0.05) is 12.8 Å². The number of rotatable bonds is 37. The molecule has 1 fully saturated rings. The Bertz CT molecular complexity index is 954. The summed E-state index contributed by atoms with van der Waals surface area (Å²) in [5, 5.41) is 40.0. The lowest BCUT2D eigenvalue weighted by atomic mass is 9.99. The van der Waals surface area contributed by atoms with Gasteiger partial charge < -0.3 is 39.4 Å². The van der Waals surface area contributed by atoms with E-state index in [1.165, 1.54) is 109 Å². The lowest BCUT2D eigenvalue weighted by molar-refractivity contribution is -0.305. The SMILES string of the molecule is CCCCCC/C=C\C/C=C\CCCCCCCCCC(=O)OC(COC(=O)CCCCCCCCCCCCCC)COC1OC(CO)C(O)C(O)C1O. The number of carbonyl (C=O) groups excluding carboxylic acids is 2. The van der Waals surface area contributed by atoms with Crippen molar-refractivity contribution in [3.8, 4) is 0 Å². The average molecular weight is 783 g/mol. The van der Waals surface area contributed by atoms with Gasteiger partial charge in [-0.2, -0.15) is 0 Å². The van der Waals surface area contributed by atoms with Crippen LogP contribution in [0.4, 0.5) is 0 Å². The van der Waals surface area contributed by atoms with Crippen molar-refractivity contribution in [2.45, 2.75) is 230 Å². The predicted octanol–water partition coefficient (Wildman–Crippen LogP) is 9.33. The van der Waals surface area contributed by atoms with Crippen LogP contribution in [0.25, 0.3) is 0 Å². The van der Waals surface area contributed by atoms with Crippen molar-refractivity contribution < 1.29 is 49.0 Å². The zero-order chi connectivity index (χ0) is 40.2. The second-order valence-corrected chi connectivity index (χ2v) is 15.5. The largest absolute Gasteiger partial charge is 0.462 e. The van der Waals surface area contributed by atoms with Crippen LogP contribution >= 0.6 is 0 Å². The minimum Gasteiger partial charge on any atom is -0.462 e. The molecule has 0 spiro atoms. The Labute approximate surface area is 334 Å². The molecule has 6 unspecified atom stereocenters. The van der Waals surface area contributed by atoms with Crippen LogP contribution < -0.4 is 0 Å². The van der Waals surface area contributed by atoms with E-state index in [0.717, 1.165) is 51.4 Å². The summed E-state index contributed by atoms with van der Waals surface area (Å²) in [6, 6.07) is 0. The van der Waals surface area contributed by atoms with E-state index in [1.54, 1.807) is 0 Å². The van der Waals surface area contributed by atoms with Crippen LogP contribution in [-0.4, -0.2) is 89.0 Å². The van der Waals surface area contributed by atoms with E-state index in [0.29, 0.717) is 6.42 Å². The first kappa shape index (κ1) is 51.2. The zero-order valence-corrected chi connectivity index (χ0v) is 34.9. The number of unbranched alkanes of at least 4 members (excludes halogenated alkanes) is 22. The van der Waals surface area contributed by atoms with E-state index in [9.17, 15) is 30.0 Å². The molecule has 0 aromatic carbocycles. The number of hydrogen-bond donors (Lipinski definition) is 4.